The summed E-state index contributed by atoms with van der Waals surface area (Å²) in [7, 11) is 1.66. The number of ether oxygens (including phenoxy) is 3. The molecular formula is C26H29ClN2O4. The molecule has 0 aliphatic rings. The number of methoxy groups -OCH3 is 1. The van der Waals surface area contributed by atoms with Crippen LogP contribution < -0.4 is 24.8 Å². The topological polar surface area (TPSA) is 68.8 Å². The molecule has 0 atom stereocenters. The quantitative estimate of drug-likeness (QED) is 0.396. The highest BCUT2D eigenvalue weighted by molar-refractivity contribution is 6.31. The summed E-state index contributed by atoms with van der Waals surface area (Å²) in [5, 5.41) is 6.72. The second kappa shape index (κ2) is 12.1. The lowest BCUT2D eigenvalue weighted by Crippen LogP contribution is -2.20. The van der Waals surface area contributed by atoms with Crippen LogP contribution in [0.15, 0.2) is 60.7 Å². The molecule has 0 aliphatic heterocycles. The molecule has 2 N–H and O–H groups in total. The molecule has 1 amide bonds. The molecule has 7 heteroatoms. The molecular weight excluding hydrogens is 440 g/mol. The molecule has 0 fully saturated rings. The van der Waals surface area contributed by atoms with Crippen molar-refractivity contribution in [2.75, 3.05) is 25.6 Å². The van der Waals surface area contributed by atoms with E-state index in [1.807, 2.05) is 68.4 Å². The molecule has 0 aromatic heterocycles. The molecule has 0 unspecified atom stereocenters. The number of halogens is 1. The SMILES string of the molecule is CCOc1cc(CNCc2ccccc2OC)c(Cl)cc1OCC(=O)Nc1ccc(C)cc1. The van der Waals surface area contributed by atoms with Gasteiger partial charge in [0.25, 0.3) is 5.91 Å². The number of rotatable bonds is 11. The highest BCUT2D eigenvalue weighted by Gasteiger charge is 2.13. The first-order chi connectivity index (χ1) is 16.0. The average Bonchev–Trinajstić information content (AvgIpc) is 2.82. The number of anilines is 1. The zero-order valence-corrected chi connectivity index (χ0v) is 19.9. The summed E-state index contributed by atoms with van der Waals surface area (Å²) in [6.07, 6.45) is 0. The Morgan fingerprint density at radius 1 is 0.909 bits per heavy atom. The monoisotopic (exact) mass is 468 g/mol. The van der Waals surface area contributed by atoms with Crippen LogP contribution in [0.25, 0.3) is 0 Å². The van der Waals surface area contributed by atoms with Crippen LogP contribution in [0.2, 0.25) is 5.02 Å². The Bertz CT molecular complexity index is 1070. The molecule has 3 aromatic rings. The van der Waals surface area contributed by atoms with Crippen molar-refractivity contribution in [3.8, 4) is 17.2 Å². The van der Waals surface area contributed by atoms with Crippen molar-refractivity contribution in [3.63, 3.8) is 0 Å². The molecule has 0 saturated heterocycles. The summed E-state index contributed by atoms with van der Waals surface area (Å²) in [6, 6.07) is 18.9. The number of hydrogen-bond donors (Lipinski definition) is 2. The van der Waals surface area contributed by atoms with Crippen LogP contribution in [0.4, 0.5) is 5.69 Å². The number of aryl methyl sites for hydroxylation is 1. The van der Waals surface area contributed by atoms with Gasteiger partial charge in [-0.1, -0.05) is 47.5 Å². The van der Waals surface area contributed by atoms with Crippen molar-refractivity contribution < 1.29 is 19.0 Å². The zero-order chi connectivity index (χ0) is 23.6. The van der Waals surface area contributed by atoms with Gasteiger partial charge in [-0.15, -0.1) is 0 Å². The molecule has 0 radical (unpaired) electrons. The van der Waals surface area contributed by atoms with E-state index in [4.69, 9.17) is 25.8 Å². The van der Waals surface area contributed by atoms with Crippen molar-refractivity contribution >= 4 is 23.2 Å². The lowest BCUT2D eigenvalue weighted by molar-refractivity contribution is -0.118. The number of hydrogen-bond acceptors (Lipinski definition) is 5. The normalized spacial score (nSPS) is 10.5. The fourth-order valence-electron chi connectivity index (χ4n) is 3.25. The number of amides is 1. The minimum Gasteiger partial charge on any atom is -0.496 e. The summed E-state index contributed by atoms with van der Waals surface area (Å²) >= 11 is 6.50. The smallest absolute Gasteiger partial charge is 0.262 e. The maximum Gasteiger partial charge on any atom is 0.262 e. The van der Waals surface area contributed by atoms with Gasteiger partial charge in [-0.05, 0) is 43.7 Å². The molecule has 3 rings (SSSR count). The van der Waals surface area contributed by atoms with Crippen LogP contribution in [0.5, 0.6) is 17.2 Å². The Balaban J connectivity index is 1.62. The fraction of sp³-hybridized carbons (Fsp3) is 0.269. The molecule has 174 valence electrons. The van der Waals surface area contributed by atoms with Gasteiger partial charge in [-0.2, -0.15) is 0 Å². The molecule has 0 heterocycles. The van der Waals surface area contributed by atoms with Gasteiger partial charge < -0.3 is 24.8 Å². The third-order valence-electron chi connectivity index (χ3n) is 4.93. The van der Waals surface area contributed by atoms with E-state index >= 15 is 0 Å². The molecule has 33 heavy (non-hydrogen) atoms. The minimum atomic E-state index is -0.264. The van der Waals surface area contributed by atoms with E-state index in [9.17, 15) is 4.79 Å². The molecule has 0 spiro atoms. The standard InChI is InChI=1S/C26H29ClN2O4/c1-4-32-24-13-20(16-28-15-19-7-5-6-8-23(19)31-3)22(27)14-25(24)33-17-26(30)29-21-11-9-18(2)10-12-21/h5-14,28H,4,15-17H2,1-3H3,(H,29,30). The van der Waals surface area contributed by atoms with E-state index in [1.165, 1.54) is 0 Å². The van der Waals surface area contributed by atoms with Gasteiger partial charge in [0.15, 0.2) is 18.1 Å². The van der Waals surface area contributed by atoms with Gasteiger partial charge in [0.1, 0.15) is 5.75 Å². The lowest BCUT2D eigenvalue weighted by atomic mass is 10.1. The summed E-state index contributed by atoms with van der Waals surface area (Å²) < 4.78 is 16.9. The zero-order valence-electron chi connectivity index (χ0n) is 19.1. The van der Waals surface area contributed by atoms with Gasteiger partial charge >= 0.3 is 0 Å². The maximum atomic E-state index is 12.3. The molecule has 0 saturated carbocycles. The summed E-state index contributed by atoms with van der Waals surface area (Å²) in [4.78, 5) is 12.3. The second-order valence-corrected chi connectivity index (χ2v) is 7.85. The Labute approximate surface area is 199 Å². The van der Waals surface area contributed by atoms with Crippen LogP contribution in [-0.4, -0.2) is 26.2 Å². The predicted octanol–water partition coefficient (Wildman–Crippen LogP) is 5.36. The summed E-state index contributed by atoms with van der Waals surface area (Å²) in [6.45, 7) is 5.34. The minimum absolute atomic E-state index is 0.157. The second-order valence-electron chi connectivity index (χ2n) is 7.44. The average molecular weight is 469 g/mol. The van der Waals surface area contributed by atoms with E-state index in [0.29, 0.717) is 41.9 Å². The van der Waals surface area contributed by atoms with E-state index in [2.05, 4.69) is 10.6 Å². The van der Waals surface area contributed by atoms with Crippen molar-refractivity contribution in [1.29, 1.82) is 0 Å². The number of nitrogens with one attached hydrogen (secondary N) is 2. The van der Waals surface area contributed by atoms with Crippen molar-refractivity contribution in [2.24, 2.45) is 0 Å². The van der Waals surface area contributed by atoms with Gasteiger partial charge in [-0.3, -0.25) is 4.79 Å². The molecule has 3 aromatic carbocycles. The Morgan fingerprint density at radius 3 is 2.33 bits per heavy atom. The predicted molar refractivity (Wildman–Crippen MR) is 131 cm³/mol. The van der Waals surface area contributed by atoms with Crippen LogP contribution in [0, 0.1) is 6.92 Å². The first-order valence-corrected chi connectivity index (χ1v) is 11.1. The Kier molecular flexibility index (Phi) is 8.98. The highest BCUT2D eigenvalue weighted by Crippen LogP contribution is 2.34. The number of para-hydroxylation sites is 1. The van der Waals surface area contributed by atoms with Crippen LogP contribution >= 0.6 is 11.6 Å². The van der Waals surface area contributed by atoms with E-state index in [0.717, 1.165) is 22.4 Å². The van der Waals surface area contributed by atoms with Gasteiger partial charge in [-0.25, -0.2) is 0 Å². The van der Waals surface area contributed by atoms with Gasteiger partial charge in [0, 0.05) is 35.4 Å². The lowest BCUT2D eigenvalue weighted by Gasteiger charge is -2.16. The summed E-state index contributed by atoms with van der Waals surface area (Å²) in [5.74, 6) is 1.53. The largest absolute Gasteiger partial charge is 0.496 e. The van der Waals surface area contributed by atoms with Crippen molar-refractivity contribution in [2.45, 2.75) is 26.9 Å². The Morgan fingerprint density at radius 2 is 1.61 bits per heavy atom. The number of carbonyl (C=O) groups excluding carboxylic acids is 1. The van der Waals surface area contributed by atoms with Crippen molar-refractivity contribution in [1.82, 2.24) is 5.32 Å². The summed E-state index contributed by atoms with van der Waals surface area (Å²) in [5.41, 5.74) is 3.76. The number of benzene rings is 3. The van der Waals surface area contributed by atoms with E-state index in [1.54, 1.807) is 13.2 Å². The Hall–Kier alpha value is -3.22. The van der Waals surface area contributed by atoms with E-state index < -0.39 is 0 Å². The molecule has 0 bridgehead atoms. The van der Waals surface area contributed by atoms with Gasteiger partial charge in [0.05, 0.1) is 13.7 Å². The molecule has 0 aliphatic carbocycles. The van der Waals surface area contributed by atoms with E-state index in [-0.39, 0.29) is 12.5 Å². The third-order valence-corrected chi connectivity index (χ3v) is 5.28. The first kappa shape index (κ1) is 24.4. The van der Waals surface area contributed by atoms with Crippen LogP contribution in [0.1, 0.15) is 23.6 Å². The molecule has 6 nitrogen and oxygen atoms in total. The number of carbonyl (C=O) groups is 1. The first-order valence-electron chi connectivity index (χ1n) is 10.8. The third kappa shape index (κ3) is 7.14. The van der Waals surface area contributed by atoms with Crippen molar-refractivity contribution in [3.05, 3.63) is 82.4 Å². The highest BCUT2D eigenvalue weighted by atomic mass is 35.5. The van der Waals surface area contributed by atoms with Gasteiger partial charge in [0.2, 0.25) is 0 Å². The maximum absolute atomic E-state index is 12.3. The fourth-order valence-corrected chi connectivity index (χ4v) is 3.47. The van der Waals surface area contributed by atoms with Crippen LogP contribution in [-0.2, 0) is 17.9 Å². The van der Waals surface area contributed by atoms with Crippen LogP contribution in [0.3, 0.4) is 0 Å².